The molecule has 0 atom stereocenters. The van der Waals surface area contributed by atoms with Gasteiger partial charge in [0, 0.05) is 20.6 Å². The molecule has 0 aromatic carbocycles. The van der Waals surface area contributed by atoms with Crippen molar-refractivity contribution in [2.45, 2.75) is 20.8 Å². The van der Waals surface area contributed by atoms with Crippen LogP contribution in [-0.4, -0.2) is 9.97 Å². The second-order valence-electron chi connectivity index (χ2n) is 3.56. The van der Waals surface area contributed by atoms with E-state index in [0.29, 0.717) is 11.0 Å². The lowest BCUT2D eigenvalue weighted by atomic mass is 10.2. The van der Waals surface area contributed by atoms with Crippen molar-refractivity contribution in [1.29, 1.82) is 0 Å². The first kappa shape index (κ1) is 12.0. The molecular formula is C11H10BrClN2S. The third-order valence-corrected chi connectivity index (χ3v) is 4.91. The van der Waals surface area contributed by atoms with Crippen LogP contribution in [0.25, 0.3) is 10.7 Å². The Morgan fingerprint density at radius 2 is 1.94 bits per heavy atom. The molecule has 0 aliphatic carbocycles. The van der Waals surface area contributed by atoms with Gasteiger partial charge >= 0.3 is 0 Å². The van der Waals surface area contributed by atoms with E-state index >= 15 is 0 Å². The number of aryl methyl sites for hydroxylation is 2. The minimum atomic E-state index is 0.532. The van der Waals surface area contributed by atoms with Crippen molar-refractivity contribution in [3.8, 4) is 10.7 Å². The highest BCUT2D eigenvalue weighted by Crippen LogP contribution is 2.33. The van der Waals surface area contributed by atoms with Crippen molar-refractivity contribution in [2.75, 3.05) is 0 Å². The number of aromatic nitrogens is 2. The van der Waals surface area contributed by atoms with Crippen molar-refractivity contribution >= 4 is 38.9 Å². The summed E-state index contributed by atoms with van der Waals surface area (Å²) in [5.74, 6) is 0.701. The quantitative estimate of drug-likeness (QED) is 0.721. The fourth-order valence-electron chi connectivity index (χ4n) is 1.27. The average molecular weight is 318 g/mol. The largest absolute Gasteiger partial charge is 0.232 e. The maximum Gasteiger partial charge on any atom is 0.171 e. The molecule has 84 valence electrons. The van der Waals surface area contributed by atoms with E-state index in [1.807, 2.05) is 19.9 Å². The van der Waals surface area contributed by atoms with E-state index in [1.165, 1.54) is 4.88 Å². The Morgan fingerprint density at radius 1 is 1.25 bits per heavy atom. The highest BCUT2D eigenvalue weighted by molar-refractivity contribution is 9.10. The molecule has 0 fully saturated rings. The predicted octanol–water partition coefficient (Wildman–Crippen LogP) is 4.55. The Kier molecular flexibility index (Phi) is 3.33. The lowest BCUT2D eigenvalue weighted by molar-refractivity contribution is 1.08. The zero-order chi connectivity index (χ0) is 11.9. The minimum absolute atomic E-state index is 0.532. The third-order valence-electron chi connectivity index (χ3n) is 2.41. The summed E-state index contributed by atoms with van der Waals surface area (Å²) in [7, 11) is 0. The van der Waals surface area contributed by atoms with Gasteiger partial charge in [-0.3, -0.25) is 0 Å². The van der Waals surface area contributed by atoms with E-state index in [4.69, 9.17) is 11.6 Å². The van der Waals surface area contributed by atoms with E-state index < -0.39 is 0 Å². The summed E-state index contributed by atoms with van der Waals surface area (Å²) in [6, 6.07) is 2.03. The molecule has 0 unspecified atom stereocenters. The molecule has 5 heteroatoms. The van der Waals surface area contributed by atoms with Gasteiger partial charge in [-0.2, -0.15) is 0 Å². The van der Waals surface area contributed by atoms with Crippen LogP contribution < -0.4 is 0 Å². The van der Waals surface area contributed by atoms with Gasteiger partial charge in [0.2, 0.25) is 0 Å². The Labute approximate surface area is 112 Å². The fourth-order valence-corrected chi connectivity index (χ4v) is 2.96. The lowest BCUT2D eigenvalue weighted by Crippen LogP contribution is -1.95. The Bertz CT molecular complexity index is 508. The fraction of sp³-hybridized carbons (Fsp3) is 0.273. The predicted molar refractivity (Wildman–Crippen MR) is 72.3 cm³/mol. The van der Waals surface area contributed by atoms with Crippen LogP contribution in [0.1, 0.15) is 16.1 Å². The number of hydrogen-bond donors (Lipinski definition) is 0. The normalized spacial score (nSPS) is 10.8. The minimum Gasteiger partial charge on any atom is -0.232 e. The Morgan fingerprint density at radius 3 is 2.44 bits per heavy atom. The summed E-state index contributed by atoms with van der Waals surface area (Å²) in [6.45, 7) is 5.93. The first-order valence-corrected chi connectivity index (χ1v) is 6.75. The SMILES string of the molecule is Cc1nc(-c2cc(Br)c(C)s2)nc(Cl)c1C. The lowest BCUT2D eigenvalue weighted by Gasteiger charge is -2.03. The van der Waals surface area contributed by atoms with Crippen molar-refractivity contribution in [3.05, 3.63) is 31.8 Å². The zero-order valence-electron chi connectivity index (χ0n) is 9.14. The van der Waals surface area contributed by atoms with Gasteiger partial charge in [0.1, 0.15) is 5.15 Å². The molecule has 0 aliphatic heterocycles. The van der Waals surface area contributed by atoms with E-state index in [2.05, 4.69) is 32.8 Å². The van der Waals surface area contributed by atoms with Crippen LogP contribution in [0.15, 0.2) is 10.5 Å². The summed E-state index contributed by atoms with van der Waals surface area (Å²) in [4.78, 5) is 11.0. The molecule has 0 radical (unpaired) electrons. The van der Waals surface area contributed by atoms with Gasteiger partial charge < -0.3 is 0 Å². The molecule has 0 aliphatic rings. The third kappa shape index (κ3) is 2.14. The number of rotatable bonds is 1. The van der Waals surface area contributed by atoms with Gasteiger partial charge in [-0.1, -0.05) is 11.6 Å². The second-order valence-corrected chi connectivity index (χ2v) is 6.03. The van der Waals surface area contributed by atoms with E-state index in [9.17, 15) is 0 Å². The monoisotopic (exact) mass is 316 g/mol. The first-order chi connectivity index (χ1) is 7.49. The van der Waals surface area contributed by atoms with Gasteiger partial charge in [0.25, 0.3) is 0 Å². The molecule has 0 bridgehead atoms. The summed E-state index contributed by atoms with van der Waals surface area (Å²) >= 11 is 11.2. The van der Waals surface area contributed by atoms with Crippen LogP contribution in [0.2, 0.25) is 5.15 Å². The molecule has 0 saturated heterocycles. The molecule has 16 heavy (non-hydrogen) atoms. The number of halogens is 2. The number of nitrogens with zero attached hydrogens (tertiary/aromatic N) is 2. The van der Waals surface area contributed by atoms with Crippen LogP contribution in [0.3, 0.4) is 0 Å². The molecule has 2 nitrogen and oxygen atoms in total. The number of hydrogen-bond acceptors (Lipinski definition) is 3. The molecule has 2 heterocycles. The van der Waals surface area contributed by atoms with Gasteiger partial charge in [-0.25, -0.2) is 9.97 Å². The van der Waals surface area contributed by atoms with Crippen molar-refractivity contribution in [3.63, 3.8) is 0 Å². The molecule has 2 rings (SSSR count). The van der Waals surface area contributed by atoms with Crippen LogP contribution in [0, 0.1) is 20.8 Å². The van der Waals surface area contributed by atoms with Crippen LogP contribution in [0.4, 0.5) is 0 Å². The average Bonchev–Trinajstić information content (AvgIpc) is 2.55. The van der Waals surface area contributed by atoms with Gasteiger partial charge in [-0.15, -0.1) is 11.3 Å². The van der Waals surface area contributed by atoms with Crippen LogP contribution >= 0.6 is 38.9 Å². The summed E-state index contributed by atoms with van der Waals surface area (Å²) in [6.07, 6.45) is 0. The zero-order valence-corrected chi connectivity index (χ0v) is 12.3. The Hall–Kier alpha value is -0.450. The molecule has 0 amide bonds. The maximum absolute atomic E-state index is 6.06. The standard InChI is InChI=1S/C11H10BrClN2S/c1-5-6(2)14-11(15-10(5)13)9-4-8(12)7(3)16-9/h4H,1-3H3. The van der Waals surface area contributed by atoms with E-state index in [-0.39, 0.29) is 0 Å². The first-order valence-electron chi connectivity index (χ1n) is 4.76. The van der Waals surface area contributed by atoms with Gasteiger partial charge in [0.05, 0.1) is 4.88 Å². The van der Waals surface area contributed by atoms with E-state index in [1.54, 1.807) is 11.3 Å². The van der Waals surface area contributed by atoms with Crippen molar-refractivity contribution in [1.82, 2.24) is 9.97 Å². The van der Waals surface area contributed by atoms with Crippen molar-refractivity contribution in [2.24, 2.45) is 0 Å². The Balaban J connectivity index is 2.56. The van der Waals surface area contributed by atoms with Gasteiger partial charge in [0.15, 0.2) is 5.82 Å². The highest BCUT2D eigenvalue weighted by atomic mass is 79.9. The van der Waals surface area contributed by atoms with Gasteiger partial charge in [-0.05, 0) is 42.8 Å². The summed E-state index contributed by atoms with van der Waals surface area (Å²) in [5, 5.41) is 0.532. The molecule has 2 aromatic rings. The van der Waals surface area contributed by atoms with Crippen LogP contribution in [-0.2, 0) is 0 Å². The molecule has 0 saturated carbocycles. The number of thiophene rings is 1. The topological polar surface area (TPSA) is 25.8 Å². The molecule has 2 aromatic heterocycles. The summed E-state index contributed by atoms with van der Waals surface area (Å²) < 4.78 is 1.09. The van der Waals surface area contributed by atoms with E-state index in [0.717, 1.165) is 20.6 Å². The van der Waals surface area contributed by atoms with Crippen molar-refractivity contribution < 1.29 is 0 Å². The summed E-state index contributed by atoms with van der Waals surface area (Å²) in [5.41, 5.74) is 1.87. The molecule has 0 spiro atoms. The molecular weight excluding hydrogens is 308 g/mol. The maximum atomic E-state index is 6.06. The highest BCUT2D eigenvalue weighted by Gasteiger charge is 2.11. The smallest absolute Gasteiger partial charge is 0.171 e. The van der Waals surface area contributed by atoms with Crippen LogP contribution in [0.5, 0.6) is 0 Å². The second kappa shape index (κ2) is 4.43. The molecule has 0 N–H and O–H groups in total.